The number of aliphatic hydroxyl groups is 1. The number of carbonyl (C=O) groups excluding carboxylic acids is 1. The Morgan fingerprint density at radius 2 is 1.91 bits per heavy atom. The summed E-state index contributed by atoms with van der Waals surface area (Å²) in [6.07, 6.45) is -1.02. The maximum absolute atomic E-state index is 13.4. The Kier molecular flexibility index (Phi) is 5.58. The van der Waals surface area contributed by atoms with Gasteiger partial charge in [-0.15, -0.1) is 0 Å². The molecule has 0 spiro atoms. The predicted molar refractivity (Wildman–Crippen MR) is 89.3 cm³/mol. The van der Waals surface area contributed by atoms with Crippen LogP contribution in [0.5, 0.6) is 0 Å². The molecule has 6 heteroatoms. The van der Waals surface area contributed by atoms with Gasteiger partial charge in [-0.25, -0.2) is 9.18 Å². The molecule has 0 aliphatic rings. The Morgan fingerprint density at radius 1 is 1.26 bits per heavy atom. The van der Waals surface area contributed by atoms with E-state index in [1.165, 1.54) is 12.1 Å². The number of aryl methyl sites for hydroxylation is 2. The summed E-state index contributed by atoms with van der Waals surface area (Å²) in [4.78, 5) is 11.9. The van der Waals surface area contributed by atoms with Crippen LogP contribution in [0.15, 0.2) is 36.4 Å². The van der Waals surface area contributed by atoms with E-state index >= 15 is 0 Å². The monoisotopic (exact) mass is 336 g/mol. The average molecular weight is 337 g/mol. The number of halogens is 2. The molecule has 0 aromatic heterocycles. The van der Waals surface area contributed by atoms with E-state index in [1.54, 1.807) is 0 Å². The highest BCUT2D eigenvalue weighted by atomic mass is 35.5. The molecule has 23 heavy (non-hydrogen) atoms. The number of aliphatic hydroxyl groups excluding tert-OH is 1. The van der Waals surface area contributed by atoms with Crippen LogP contribution in [0.1, 0.15) is 22.8 Å². The van der Waals surface area contributed by atoms with Gasteiger partial charge in [0.05, 0.1) is 11.1 Å². The highest BCUT2D eigenvalue weighted by Crippen LogP contribution is 2.21. The Labute approximate surface area is 139 Å². The van der Waals surface area contributed by atoms with Crippen LogP contribution in [0.3, 0.4) is 0 Å². The van der Waals surface area contributed by atoms with Crippen LogP contribution < -0.4 is 10.6 Å². The van der Waals surface area contributed by atoms with Gasteiger partial charge in [0.2, 0.25) is 0 Å². The number of rotatable bonds is 4. The molecule has 2 rings (SSSR count). The molecule has 0 radical (unpaired) electrons. The molecule has 0 aliphatic heterocycles. The molecule has 1 unspecified atom stereocenters. The minimum atomic E-state index is -1.02. The molecule has 0 saturated heterocycles. The summed E-state index contributed by atoms with van der Waals surface area (Å²) in [5.41, 5.74) is 2.97. The Hall–Kier alpha value is -2.11. The number of para-hydroxylation sites is 1. The third-order valence-electron chi connectivity index (χ3n) is 3.50. The number of benzene rings is 2. The van der Waals surface area contributed by atoms with Crippen LogP contribution in [-0.2, 0) is 0 Å². The molecule has 2 amide bonds. The first-order chi connectivity index (χ1) is 10.9. The SMILES string of the molecule is Cc1cccc(C)c1NC(=O)NCC(O)c1ccc(Cl)c(F)c1. The van der Waals surface area contributed by atoms with Gasteiger partial charge in [0.25, 0.3) is 0 Å². The maximum Gasteiger partial charge on any atom is 0.319 e. The maximum atomic E-state index is 13.4. The van der Waals surface area contributed by atoms with E-state index in [0.717, 1.165) is 22.9 Å². The second-order valence-electron chi connectivity index (χ2n) is 5.29. The first-order valence-corrected chi connectivity index (χ1v) is 7.50. The molecular weight excluding hydrogens is 319 g/mol. The zero-order valence-corrected chi connectivity index (χ0v) is 13.6. The Morgan fingerprint density at radius 3 is 2.52 bits per heavy atom. The first-order valence-electron chi connectivity index (χ1n) is 7.12. The van der Waals surface area contributed by atoms with E-state index in [-0.39, 0.29) is 11.6 Å². The smallest absolute Gasteiger partial charge is 0.319 e. The molecule has 122 valence electrons. The van der Waals surface area contributed by atoms with Gasteiger partial charge in [-0.2, -0.15) is 0 Å². The van der Waals surface area contributed by atoms with Crippen molar-refractivity contribution in [3.8, 4) is 0 Å². The van der Waals surface area contributed by atoms with Gasteiger partial charge < -0.3 is 15.7 Å². The lowest BCUT2D eigenvalue weighted by molar-refractivity contribution is 0.174. The summed E-state index contributed by atoms with van der Waals surface area (Å²) in [7, 11) is 0. The highest BCUT2D eigenvalue weighted by molar-refractivity contribution is 6.30. The number of amides is 2. The topological polar surface area (TPSA) is 61.4 Å². The second-order valence-corrected chi connectivity index (χ2v) is 5.70. The van der Waals surface area contributed by atoms with Gasteiger partial charge >= 0.3 is 6.03 Å². The Bertz CT molecular complexity index is 701. The van der Waals surface area contributed by atoms with Gasteiger partial charge in [-0.3, -0.25) is 0 Å². The van der Waals surface area contributed by atoms with Crippen LogP contribution in [0, 0.1) is 19.7 Å². The normalized spacial score (nSPS) is 11.9. The molecule has 1 atom stereocenters. The van der Waals surface area contributed by atoms with Crippen molar-refractivity contribution in [3.05, 3.63) is 63.9 Å². The van der Waals surface area contributed by atoms with Gasteiger partial charge in [-0.05, 0) is 42.7 Å². The summed E-state index contributed by atoms with van der Waals surface area (Å²) in [5.74, 6) is -0.608. The van der Waals surface area contributed by atoms with Crippen molar-refractivity contribution < 1.29 is 14.3 Å². The van der Waals surface area contributed by atoms with Crippen LogP contribution in [0.25, 0.3) is 0 Å². The van der Waals surface area contributed by atoms with Crippen molar-refractivity contribution in [2.45, 2.75) is 20.0 Å². The second kappa shape index (κ2) is 7.44. The van der Waals surface area contributed by atoms with E-state index in [0.29, 0.717) is 5.56 Å². The van der Waals surface area contributed by atoms with E-state index in [4.69, 9.17) is 11.6 Å². The molecule has 0 saturated carbocycles. The van der Waals surface area contributed by atoms with Crippen molar-refractivity contribution in [2.24, 2.45) is 0 Å². The molecule has 0 bridgehead atoms. The summed E-state index contributed by atoms with van der Waals surface area (Å²) in [6.45, 7) is 3.75. The van der Waals surface area contributed by atoms with Crippen LogP contribution in [-0.4, -0.2) is 17.7 Å². The lowest BCUT2D eigenvalue weighted by atomic mass is 10.1. The number of urea groups is 1. The number of carbonyl (C=O) groups is 1. The van der Waals surface area contributed by atoms with E-state index < -0.39 is 18.0 Å². The lowest BCUT2D eigenvalue weighted by Crippen LogP contribution is -2.32. The van der Waals surface area contributed by atoms with Gasteiger partial charge in [0.15, 0.2) is 0 Å². The summed E-state index contributed by atoms with van der Waals surface area (Å²) in [5, 5.41) is 15.3. The molecule has 4 nitrogen and oxygen atoms in total. The van der Waals surface area contributed by atoms with Crippen molar-refractivity contribution in [1.82, 2.24) is 5.32 Å². The van der Waals surface area contributed by atoms with Crippen LogP contribution >= 0.6 is 11.6 Å². The van der Waals surface area contributed by atoms with Crippen LogP contribution in [0.2, 0.25) is 5.02 Å². The average Bonchev–Trinajstić information content (AvgIpc) is 2.51. The van der Waals surface area contributed by atoms with Crippen molar-refractivity contribution in [2.75, 3.05) is 11.9 Å². The van der Waals surface area contributed by atoms with Gasteiger partial charge in [0.1, 0.15) is 5.82 Å². The third-order valence-corrected chi connectivity index (χ3v) is 3.81. The van der Waals surface area contributed by atoms with Crippen molar-refractivity contribution >= 4 is 23.3 Å². The molecule has 0 aliphatic carbocycles. The highest BCUT2D eigenvalue weighted by Gasteiger charge is 2.12. The Balaban J connectivity index is 1.95. The van der Waals surface area contributed by atoms with Crippen molar-refractivity contribution in [3.63, 3.8) is 0 Å². The lowest BCUT2D eigenvalue weighted by Gasteiger charge is -2.15. The summed E-state index contributed by atoms with van der Waals surface area (Å²) < 4.78 is 13.4. The molecule has 2 aromatic carbocycles. The van der Waals surface area contributed by atoms with Crippen LogP contribution in [0.4, 0.5) is 14.9 Å². The fraction of sp³-hybridized carbons (Fsp3) is 0.235. The molecule has 0 heterocycles. The molecular formula is C17H18ClFN2O2. The predicted octanol–water partition coefficient (Wildman–Crippen LogP) is 3.95. The first kappa shape index (κ1) is 17.2. The fourth-order valence-electron chi connectivity index (χ4n) is 2.20. The number of hydrogen-bond acceptors (Lipinski definition) is 2. The van der Waals surface area contributed by atoms with E-state index in [9.17, 15) is 14.3 Å². The van der Waals surface area contributed by atoms with Gasteiger partial charge in [0, 0.05) is 12.2 Å². The minimum absolute atomic E-state index is 0.0123. The standard InChI is InChI=1S/C17H18ClFN2O2/c1-10-4-3-5-11(2)16(10)21-17(23)20-9-15(22)12-6-7-13(18)14(19)8-12/h3-8,15,22H,9H2,1-2H3,(H2,20,21,23). The minimum Gasteiger partial charge on any atom is -0.387 e. The zero-order valence-electron chi connectivity index (χ0n) is 12.9. The molecule has 3 N–H and O–H groups in total. The van der Waals surface area contributed by atoms with Crippen molar-refractivity contribution in [1.29, 1.82) is 0 Å². The number of nitrogens with one attached hydrogen (secondary N) is 2. The summed E-state index contributed by atoms with van der Waals surface area (Å²) >= 11 is 5.60. The number of hydrogen-bond donors (Lipinski definition) is 3. The molecule has 2 aromatic rings. The summed E-state index contributed by atoms with van der Waals surface area (Å²) in [6, 6.07) is 9.30. The van der Waals surface area contributed by atoms with E-state index in [2.05, 4.69) is 10.6 Å². The number of anilines is 1. The van der Waals surface area contributed by atoms with Gasteiger partial charge in [-0.1, -0.05) is 35.9 Å². The third kappa shape index (κ3) is 4.43. The molecule has 0 fully saturated rings. The largest absolute Gasteiger partial charge is 0.387 e. The quantitative estimate of drug-likeness (QED) is 0.791. The van der Waals surface area contributed by atoms with E-state index in [1.807, 2.05) is 32.0 Å². The fourth-order valence-corrected chi connectivity index (χ4v) is 2.31. The zero-order chi connectivity index (χ0) is 17.0.